The lowest BCUT2D eigenvalue weighted by Crippen LogP contribution is -2.42. The number of carbonyl (C=O) groups is 1. The number of phenols is 1. The number of furan rings is 1. The van der Waals surface area contributed by atoms with E-state index in [9.17, 15) is 9.90 Å². The number of hydrogen-bond donors (Lipinski definition) is 2. The Morgan fingerprint density at radius 1 is 1.15 bits per heavy atom. The van der Waals surface area contributed by atoms with Gasteiger partial charge in [-0.15, -0.1) is 0 Å². The molecular formula is C19H14Cl2N2O3. The van der Waals surface area contributed by atoms with E-state index in [4.69, 9.17) is 27.6 Å². The lowest BCUT2D eigenvalue weighted by molar-refractivity contribution is 0.0649. The number of aromatic hydroxyl groups is 1. The van der Waals surface area contributed by atoms with Crippen LogP contribution < -0.4 is 5.32 Å². The van der Waals surface area contributed by atoms with Gasteiger partial charge in [0.1, 0.15) is 17.7 Å². The van der Waals surface area contributed by atoms with Crippen LogP contribution in [0.2, 0.25) is 10.0 Å². The summed E-state index contributed by atoms with van der Waals surface area (Å²) in [5.74, 6) is 0.318. The molecule has 5 nitrogen and oxygen atoms in total. The summed E-state index contributed by atoms with van der Waals surface area (Å²) < 4.78 is 5.40. The van der Waals surface area contributed by atoms with Crippen LogP contribution >= 0.6 is 23.2 Å². The predicted molar refractivity (Wildman–Crippen MR) is 99.5 cm³/mol. The minimum absolute atomic E-state index is 0.120. The average Bonchev–Trinajstić information content (AvgIpc) is 3.14. The summed E-state index contributed by atoms with van der Waals surface area (Å²) in [5.41, 5.74) is 1.63. The summed E-state index contributed by atoms with van der Waals surface area (Å²) in [6.07, 6.45) is 0.895. The highest BCUT2D eigenvalue weighted by molar-refractivity contribution is 6.35. The van der Waals surface area contributed by atoms with Gasteiger partial charge in [-0.1, -0.05) is 35.3 Å². The smallest absolute Gasteiger partial charge is 0.258 e. The van der Waals surface area contributed by atoms with Gasteiger partial charge in [0.2, 0.25) is 0 Å². The van der Waals surface area contributed by atoms with Crippen molar-refractivity contribution >= 4 is 34.8 Å². The molecule has 0 bridgehead atoms. The molecule has 1 aliphatic rings. The number of fused-ring (bicyclic) bond motifs is 1. The maximum Gasteiger partial charge on any atom is 0.258 e. The van der Waals surface area contributed by atoms with E-state index in [1.165, 1.54) is 6.07 Å². The highest BCUT2D eigenvalue weighted by Crippen LogP contribution is 2.41. The summed E-state index contributed by atoms with van der Waals surface area (Å²) in [7, 11) is 0. The Labute approximate surface area is 159 Å². The minimum Gasteiger partial charge on any atom is -0.506 e. The molecule has 2 aromatic carbocycles. The average molecular weight is 389 g/mol. The number of nitrogens with one attached hydrogen (secondary N) is 1. The van der Waals surface area contributed by atoms with E-state index in [0.717, 1.165) is 0 Å². The van der Waals surface area contributed by atoms with Crippen LogP contribution in [-0.4, -0.2) is 15.9 Å². The molecule has 2 N–H and O–H groups in total. The Morgan fingerprint density at radius 2 is 1.96 bits per heavy atom. The second-order valence-corrected chi connectivity index (χ2v) is 6.77. The van der Waals surface area contributed by atoms with Crippen LogP contribution in [0, 0.1) is 0 Å². The van der Waals surface area contributed by atoms with E-state index in [1.54, 1.807) is 41.5 Å². The van der Waals surface area contributed by atoms with Gasteiger partial charge >= 0.3 is 0 Å². The highest BCUT2D eigenvalue weighted by Gasteiger charge is 2.35. The lowest BCUT2D eigenvalue weighted by atomic mass is 10.0. The van der Waals surface area contributed by atoms with Crippen molar-refractivity contribution in [3.8, 4) is 5.75 Å². The third-order valence-corrected chi connectivity index (χ3v) is 4.79. The first-order valence-electron chi connectivity index (χ1n) is 7.91. The minimum atomic E-state index is -0.654. The van der Waals surface area contributed by atoms with E-state index in [1.807, 2.05) is 12.1 Å². The molecule has 1 aromatic heterocycles. The second-order valence-electron chi connectivity index (χ2n) is 5.93. The Kier molecular flexibility index (Phi) is 4.26. The van der Waals surface area contributed by atoms with E-state index >= 15 is 0 Å². The molecule has 1 aliphatic heterocycles. The number of hydrogen-bond acceptors (Lipinski definition) is 4. The molecule has 2 heterocycles. The van der Waals surface area contributed by atoms with Gasteiger partial charge in [-0.05, 0) is 36.4 Å². The van der Waals surface area contributed by atoms with Crippen LogP contribution in [0.3, 0.4) is 0 Å². The van der Waals surface area contributed by atoms with Gasteiger partial charge < -0.3 is 19.7 Å². The van der Waals surface area contributed by atoms with Gasteiger partial charge in [-0.25, -0.2) is 0 Å². The van der Waals surface area contributed by atoms with Gasteiger partial charge in [0, 0.05) is 16.3 Å². The van der Waals surface area contributed by atoms with Crippen LogP contribution in [0.15, 0.2) is 59.2 Å². The number of para-hydroxylation sites is 1. The number of phenolic OH excluding ortho intramolecular Hbond substituents is 1. The fourth-order valence-corrected chi connectivity index (χ4v) is 3.58. The molecule has 132 valence electrons. The lowest BCUT2D eigenvalue weighted by Gasteiger charge is -2.38. The molecule has 0 radical (unpaired) electrons. The van der Waals surface area contributed by atoms with Crippen LogP contribution in [0.25, 0.3) is 0 Å². The van der Waals surface area contributed by atoms with Crippen LogP contribution in [0.4, 0.5) is 5.69 Å². The number of carbonyl (C=O) groups excluding carboxylic acids is 1. The van der Waals surface area contributed by atoms with Crippen molar-refractivity contribution in [2.24, 2.45) is 0 Å². The molecule has 3 aromatic rings. The van der Waals surface area contributed by atoms with Crippen molar-refractivity contribution in [2.45, 2.75) is 12.7 Å². The molecule has 0 fully saturated rings. The van der Waals surface area contributed by atoms with Crippen LogP contribution in [0.1, 0.15) is 27.8 Å². The molecule has 4 rings (SSSR count). The summed E-state index contributed by atoms with van der Waals surface area (Å²) in [6, 6.07) is 13.8. The quantitative estimate of drug-likeness (QED) is 0.657. The first-order valence-corrected chi connectivity index (χ1v) is 8.67. The van der Waals surface area contributed by atoms with Crippen LogP contribution in [-0.2, 0) is 6.54 Å². The number of anilines is 1. The number of benzene rings is 2. The third kappa shape index (κ3) is 2.89. The van der Waals surface area contributed by atoms with Gasteiger partial charge in [0.25, 0.3) is 5.91 Å². The molecule has 0 saturated heterocycles. The fourth-order valence-electron chi connectivity index (χ4n) is 3.07. The topological polar surface area (TPSA) is 65.7 Å². The van der Waals surface area contributed by atoms with Gasteiger partial charge in [-0.2, -0.15) is 0 Å². The van der Waals surface area contributed by atoms with Crippen LogP contribution in [0.5, 0.6) is 5.75 Å². The molecule has 0 spiro atoms. The molecule has 0 unspecified atom stereocenters. The zero-order valence-corrected chi connectivity index (χ0v) is 15.0. The highest BCUT2D eigenvalue weighted by atomic mass is 35.5. The molecular weight excluding hydrogens is 375 g/mol. The van der Waals surface area contributed by atoms with E-state index in [-0.39, 0.29) is 23.2 Å². The van der Waals surface area contributed by atoms with E-state index < -0.39 is 6.17 Å². The maximum atomic E-state index is 13.1. The molecule has 0 aliphatic carbocycles. The van der Waals surface area contributed by atoms with Gasteiger partial charge in [-0.3, -0.25) is 4.79 Å². The molecule has 7 heteroatoms. The first kappa shape index (κ1) is 16.8. The molecule has 1 amide bonds. The number of halogens is 2. The van der Waals surface area contributed by atoms with Crippen molar-refractivity contribution in [3.63, 3.8) is 0 Å². The van der Waals surface area contributed by atoms with Crippen molar-refractivity contribution in [3.05, 3.63) is 81.7 Å². The third-order valence-electron chi connectivity index (χ3n) is 4.28. The number of nitrogens with zero attached hydrogens (tertiary/aromatic N) is 1. The van der Waals surface area contributed by atoms with Gasteiger partial charge in [0.15, 0.2) is 0 Å². The predicted octanol–water partition coefficient (Wildman–Crippen LogP) is 5.06. The molecule has 1 atom stereocenters. The monoisotopic (exact) mass is 388 g/mol. The zero-order chi connectivity index (χ0) is 18.3. The van der Waals surface area contributed by atoms with E-state index in [0.29, 0.717) is 27.6 Å². The first-order chi connectivity index (χ1) is 12.5. The molecule has 26 heavy (non-hydrogen) atoms. The van der Waals surface area contributed by atoms with Crippen molar-refractivity contribution in [1.82, 2.24) is 4.90 Å². The van der Waals surface area contributed by atoms with Crippen molar-refractivity contribution in [2.75, 3.05) is 5.32 Å². The number of amides is 1. The Morgan fingerprint density at radius 3 is 2.73 bits per heavy atom. The summed E-state index contributed by atoms with van der Waals surface area (Å²) in [4.78, 5) is 14.7. The maximum absolute atomic E-state index is 13.1. The standard InChI is InChI=1S/C19H14Cl2N2O3/c20-11-8-14(17(24)15(21)9-11)18-22-16-6-2-1-5-13(16)19(25)23(18)10-12-4-3-7-26-12/h1-9,18,22,24H,10H2/t18-/m1/s1. The summed E-state index contributed by atoms with van der Waals surface area (Å²) in [5, 5.41) is 14.2. The summed E-state index contributed by atoms with van der Waals surface area (Å²) in [6.45, 7) is 0.224. The van der Waals surface area contributed by atoms with E-state index in [2.05, 4.69) is 5.32 Å². The van der Waals surface area contributed by atoms with Crippen molar-refractivity contribution < 1.29 is 14.3 Å². The second kappa shape index (κ2) is 6.59. The largest absolute Gasteiger partial charge is 0.506 e. The fraction of sp³-hybridized carbons (Fsp3) is 0.105. The Bertz CT molecular complexity index is 973. The summed E-state index contributed by atoms with van der Waals surface area (Å²) >= 11 is 12.2. The van der Waals surface area contributed by atoms with Crippen molar-refractivity contribution in [1.29, 1.82) is 0 Å². The number of rotatable bonds is 3. The Balaban J connectivity index is 1.83. The zero-order valence-electron chi connectivity index (χ0n) is 13.4. The SMILES string of the molecule is O=C1c2ccccc2N[C@@H](c2cc(Cl)cc(Cl)c2O)N1Cc1ccco1. The molecule has 0 saturated carbocycles. The van der Waals surface area contributed by atoms with Gasteiger partial charge in [0.05, 0.1) is 23.4 Å². The normalized spacial score (nSPS) is 16.3. The Hall–Kier alpha value is -2.63.